The lowest BCUT2D eigenvalue weighted by Crippen LogP contribution is -2.41. The highest BCUT2D eigenvalue weighted by Crippen LogP contribution is 2.20. The first kappa shape index (κ1) is 13.1. The van der Waals surface area contributed by atoms with Crippen LogP contribution in [0.5, 0.6) is 0 Å². The van der Waals surface area contributed by atoms with Gasteiger partial charge in [-0.3, -0.25) is 4.79 Å². The Bertz CT molecular complexity index is 439. The van der Waals surface area contributed by atoms with E-state index in [1.807, 2.05) is 0 Å². The van der Waals surface area contributed by atoms with E-state index in [0.717, 1.165) is 0 Å². The highest BCUT2D eigenvalue weighted by Gasteiger charge is 2.15. The Morgan fingerprint density at radius 3 is 2.81 bits per heavy atom. The van der Waals surface area contributed by atoms with Gasteiger partial charge in [-0.25, -0.2) is 4.39 Å². The molecule has 0 heterocycles. The minimum absolute atomic E-state index is 0.127. The SMILES string of the molecule is CC(NC(=O)c1cccc(F)c1Br)C(N)=S. The fraction of sp³-hybridized carbons (Fsp3) is 0.200. The van der Waals surface area contributed by atoms with Crippen molar-refractivity contribution >= 4 is 39.0 Å². The van der Waals surface area contributed by atoms with Gasteiger partial charge < -0.3 is 11.1 Å². The number of rotatable bonds is 3. The predicted octanol–water partition coefficient (Wildman–Crippen LogP) is 1.99. The van der Waals surface area contributed by atoms with Gasteiger partial charge in [-0.05, 0) is 35.0 Å². The smallest absolute Gasteiger partial charge is 0.253 e. The number of nitrogens with one attached hydrogen (secondary N) is 1. The first-order valence-corrected chi connectivity index (χ1v) is 5.67. The topological polar surface area (TPSA) is 55.1 Å². The van der Waals surface area contributed by atoms with Crippen molar-refractivity contribution in [1.29, 1.82) is 0 Å². The number of carbonyl (C=O) groups excluding carboxylic acids is 1. The molecule has 1 amide bonds. The van der Waals surface area contributed by atoms with Crippen molar-refractivity contribution in [1.82, 2.24) is 5.32 Å². The summed E-state index contributed by atoms with van der Waals surface area (Å²) < 4.78 is 13.3. The van der Waals surface area contributed by atoms with Gasteiger partial charge in [-0.1, -0.05) is 18.3 Å². The van der Waals surface area contributed by atoms with Crippen LogP contribution in [0.1, 0.15) is 17.3 Å². The lowest BCUT2D eigenvalue weighted by atomic mass is 10.2. The molecule has 0 saturated carbocycles. The molecule has 1 aromatic carbocycles. The maximum atomic E-state index is 13.2. The second-order valence-electron chi connectivity index (χ2n) is 3.20. The molecule has 86 valence electrons. The van der Waals surface area contributed by atoms with Gasteiger partial charge in [-0.2, -0.15) is 0 Å². The van der Waals surface area contributed by atoms with Gasteiger partial charge >= 0.3 is 0 Å². The molecule has 1 aromatic rings. The van der Waals surface area contributed by atoms with Gasteiger partial charge in [0.05, 0.1) is 21.1 Å². The van der Waals surface area contributed by atoms with E-state index < -0.39 is 17.8 Å². The van der Waals surface area contributed by atoms with Gasteiger partial charge in [-0.15, -0.1) is 0 Å². The normalized spacial score (nSPS) is 11.9. The van der Waals surface area contributed by atoms with E-state index in [2.05, 4.69) is 21.2 Å². The van der Waals surface area contributed by atoms with E-state index >= 15 is 0 Å². The summed E-state index contributed by atoms with van der Waals surface area (Å²) in [6.07, 6.45) is 0. The molecule has 3 nitrogen and oxygen atoms in total. The molecule has 16 heavy (non-hydrogen) atoms. The molecule has 0 aliphatic heterocycles. The third-order valence-corrected chi connectivity index (χ3v) is 3.13. The second kappa shape index (κ2) is 5.36. The Balaban J connectivity index is 2.89. The van der Waals surface area contributed by atoms with E-state index in [1.165, 1.54) is 18.2 Å². The van der Waals surface area contributed by atoms with Gasteiger partial charge in [0.2, 0.25) is 0 Å². The van der Waals surface area contributed by atoms with Crippen LogP contribution in [-0.4, -0.2) is 16.9 Å². The van der Waals surface area contributed by atoms with Crippen molar-refractivity contribution in [3.63, 3.8) is 0 Å². The van der Waals surface area contributed by atoms with Crippen LogP contribution in [-0.2, 0) is 0 Å². The summed E-state index contributed by atoms with van der Waals surface area (Å²) >= 11 is 7.73. The second-order valence-corrected chi connectivity index (χ2v) is 4.46. The number of benzene rings is 1. The molecule has 0 saturated heterocycles. The predicted molar refractivity (Wildman–Crippen MR) is 67.8 cm³/mol. The molecule has 0 fully saturated rings. The van der Waals surface area contributed by atoms with Gasteiger partial charge in [0.1, 0.15) is 5.82 Å². The number of halogens is 2. The first-order valence-electron chi connectivity index (χ1n) is 4.47. The highest BCUT2D eigenvalue weighted by atomic mass is 79.9. The zero-order valence-corrected chi connectivity index (χ0v) is 10.9. The van der Waals surface area contributed by atoms with E-state index in [4.69, 9.17) is 18.0 Å². The number of amides is 1. The Kier molecular flexibility index (Phi) is 4.37. The van der Waals surface area contributed by atoms with E-state index in [0.29, 0.717) is 0 Å². The van der Waals surface area contributed by atoms with Crippen molar-refractivity contribution in [2.24, 2.45) is 5.73 Å². The molecule has 0 spiro atoms. The van der Waals surface area contributed by atoms with E-state index in [1.54, 1.807) is 6.92 Å². The summed E-state index contributed by atoms with van der Waals surface area (Å²) in [6, 6.07) is 3.80. The molecule has 0 radical (unpaired) electrons. The Morgan fingerprint density at radius 2 is 2.25 bits per heavy atom. The molecule has 6 heteroatoms. The van der Waals surface area contributed by atoms with Crippen molar-refractivity contribution in [3.8, 4) is 0 Å². The van der Waals surface area contributed by atoms with Gasteiger partial charge in [0.15, 0.2) is 0 Å². The zero-order valence-electron chi connectivity index (χ0n) is 8.46. The van der Waals surface area contributed by atoms with Crippen molar-refractivity contribution in [3.05, 3.63) is 34.1 Å². The summed E-state index contributed by atoms with van der Waals surface area (Å²) in [5.41, 5.74) is 5.57. The monoisotopic (exact) mass is 304 g/mol. The number of hydrogen-bond donors (Lipinski definition) is 2. The third-order valence-electron chi connectivity index (χ3n) is 1.97. The minimum Gasteiger partial charge on any atom is -0.392 e. The summed E-state index contributed by atoms with van der Waals surface area (Å²) in [6.45, 7) is 1.66. The number of thiocarbonyl (C=S) groups is 1. The standard InChI is InChI=1S/C10H10BrFN2OS/c1-5(9(13)16)14-10(15)6-3-2-4-7(12)8(6)11/h2-5H,1H3,(H2,13,16)(H,14,15). The number of hydrogen-bond acceptors (Lipinski definition) is 2. The van der Waals surface area contributed by atoms with Crippen LogP contribution in [0, 0.1) is 5.82 Å². The van der Waals surface area contributed by atoms with Crippen LogP contribution in [0.2, 0.25) is 0 Å². The molecule has 0 aromatic heterocycles. The van der Waals surface area contributed by atoms with Crippen molar-refractivity contribution in [2.75, 3.05) is 0 Å². The Morgan fingerprint density at radius 1 is 1.62 bits per heavy atom. The Hall–Kier alpha value is -1.01. The van der Waals surface area contributed by atoms with E-state index in [-0.39, 0.29) is 15.0 Å². The molecule has 0 aliphatic carbocycles. The molecule has 1 rings (SSSR count). The maximum Gasteiger partial charge on any atom is 0.253 e. The van der Waals surface area contributed by atoms with Crippen LogP contribution in [0.15, 0.2) is 22.7 Å². The largest absolute Gasteiger partial charge is 0.392 e. The summed E-state index contributed by atoms with van der Waals surface area (Å²) in [7, 11) is 0. The van der Waals surface area contributed by atoms with Gasteiger partial charge in [0, 0.05) is 0 Å². The molecule has 0 aliphatic rings. The van der Waals surface area contributed by atoms with E-state index in [9.17, 15) is 9.18 Å². The summed E-state index contributed by atoms with van der Waals surface area (Å²) in [5, 5.41) is 2.56. The number of nitrogens with two attached hydrogens (primary N) is 1. The lowest BCUT2D eigenvalue weighted by Gasteiger charge is -2.12. The minimum atomic E-state index is -0.490. The van der Waals surface area contributed by atoms with Crippen LogP contribution in [0.4, 0.5) is 4.39 Å². The maximum absolute atomic E-state index is 13.2. The first-order chi connectivity index (χ1) is 7.43. The highest BCUT2D eigenvalue weighted by molar-refractivity contribution is 9.10. The average molecular weight is 305 g/mol. The van der Waals surface area contributed by atoms with Crippen molar-refractivity contribution < 1.29 is 9.18 Å². The Labute approximate surface area is 106 Å². The molecule has 3 N–H and O–H groups in total. The average Bonchev–Trinajstić information content (AvgIpc) is 2.21. The molecular formula is C10H10BrFN2OS. The fourth-order valence-electron chi connectivity index (χ4n) is 1.02. The van der Waals surface area contributed by atoms with Gasteiger partial charge in [0.25, 0.3) is 5.91 Å². The molecule has 1 atom stereocenters. The molecule has 0 bridgehead atoms. The van der Waals surface area contributed by atoms with Crippen LogP contribution in [0.25, 0.3) is 0 Å². The van der Waals surface area contributed by atoms with Crippen molar-refractivity contribution in [2.45, 2.75) is 13.0 Å². The van der Waals surface area contributed by atoms with Crippen LogP contribution in [0.3, 0.4) is 0 Å². The van der Waals surface area contributed by atoms with Crippen LogP contribution >= 0.6 is 28.1 Å². The summed E-state index contributed by atoms with van der Waals surface area (Å²) in [4.78, 5) is 11.9. The quantitative estimate of drug-likeness (QED) is 0.840. The molecule has 1 unspecified atom stereocenters. The lowest BCUT2D eigenvalue weighted by molar-refractivity contribution is 0.0948. The zero-order chi connectivity index (χ0) is 12.3. The molecular weight excluding hydrogens is 295 g/mol. The van der Waals surface area contributed by atoms with Crippen LogP contribution < -0.4 is 11.1 Å². The summed E-state index contributed by atoms with van der Waals surface area (Å²) in [5.74, 6) is -0.915. The fourth-order valence-corrected chi connectivity index (χ4v) is 1.53. The number of carbonyl (C=O) groups is 1. The third kappa shape index (κ3) is 2.99.